The van der Waals surface area contributed by atoms with Gasteiger partial charge in [-0.05, 0) is 25.3 Å². The predicted molar refractivity (Wildman–Crippen MR) is 85.7 cm³/mol. The molecule has 6 nitrogen and oxygen atoms in total. The van der Waals surface area contributed by atoms with Crippen molar-refractivity contribution in [3.8, 4) is 10.7 Å². The van der Waals surface area contributed by atoms with Crippen LogP contribution in [0.3, 0.4) is 0 Å². The molecule has 1 aliphatic rings. The Kier molecular flexibility index (Phi) is 3.34. The minimum Gasteiger partial charge on any atom is -0.364 e. The van der Waals surface area contributed by atoms with Gasteiger partial charge in [0.05, 0.1) is 12.2 Å². The Balaban J connectivity index is 1.49. The van der Waals surface area contributed by atoms with Gasteiger partial charge in [-0.3, -0.25) is 4.68 Å². The minimum atomic E-state index is 0.673. The van der Waals surface area contributed by atoms with Crippen molar-refractivity contribution in [3.05, 3.63) is 40.9 Å². The quantitative estimate of drug-likeness (QED) is 0.801. The highest BCUT2D eigenvalue weighted by Gasteiger charge is 2.17. The van der Waals surface area contributed by atoms with Crippen LogP contribution in [0.2, 0.25) is 0 Å². The minimum absolute atomic E-state index is 0.673. The molecule has 0 fully saturated rings. The van der Waals surface area contributed by atoms with Crippen LogP contribution in [0.1, 0.15) is 23.4 Å². The van der Waals surface area contributed by atoms with Crippen LogP contribution in [-0.4, -0.2) is 24.7 Å². The molecule has 3 aromatic rings. The third kappa shape index (κ3) is 2.48. The summed E-state index contributed by atoms with van der Waals surface area (Å²) < 4.78 is 1.79. The molecule has 0 radical (unpaired) electrons. The van der Waals surface area contributed by atoms with Gasteiger partial charge in [0.1, 0.15) is 22.8 Å². The average molecular weight is 312 g/mol. The number of fused-ring (bicyclic) bond motifs is 1. The Morgan fingerprint density at radius 2 is 2.27 bits per heavy atom. The molecule has 3 aromatic heterocycles. The number of rotatable bonds is 4. The number of nitrogens with zero attached hydrogens (tertiary/aromatic N) is 5. The van der Waals surface area contributed by atoms with Crippen molar-refractivity contribution in [3.63, 3.8) is 0 Å². The summed E-state index contributed by atoms with van der Waals surface area (Å²) in [5, 5.41) is 10.8. The Bertz CT molecular complexity index is 806. The summed E-state index contributed by atoms with van der Waals surface area (Å²) in [5.41, 5.74) is 4.38. The monoisotopic (exact) mass is 312 g/mol. The van der Waals surface area contributed by atoms with Crippen LogP contribution in [0.25, 0.3) is 10.7 Å². The molecule has 0 amide bonds. The van der Waals surface area contributed by atoms with E-state index in [0.29, 0.717) is 6.54 Å². The molecule has 0 saturated heterocycles. The van der Waals surface area contributed by atoms with Crippen LogP contribution < -0.4 is 5.32 Å². The van der Waals surface area contributed by atoms with Gasteiger partial charge in [0.2, 0.25) is 0 Å². The molecule has 0 unspecified atom stereocenters. The second kappa shape index (κ2) is 5.49. The van der Waals surface area contributed by atoms with Gasteiger partial charge in [0.25, 0.3) is 0 Å². The zero-order valence-electron chi connectivity index (χ0n) is 12.3. The van der Waals surface area contributed by atoms with Crippen molar-refractivity contribution >= 4 is 17.2 Å². The first-order valence-electron chi connectivity index (χ1n) is 7.30. The highest BCUT2D eigenvalue weighted by atomic mass is 32.1. The van der Waals surface area contributed by atoms with E-state index in [4.69, 9.17) is 0 Å². The summed E-state index contributed by atoms with van der Waals surface area (Å²) in [6.45, 7) is 0.673. The molecule has 22 heavy (non-hydrogen) atoms. The van der Waals surface area contributed by atoms with Crippen molar-refractivity contribution < 1.29 is 0 Å². The summed E-state index contributed by atoms with van der Waals surface area (Å²) in [7, 11) is 1.91. The van der Waals surface area contributed by atoms with Crippen molar-refractivity contribution in [1.29, 1.82) is 0 Å². The summed E-state index contributed by atoms with van der Waals surface area (Å²) in [5.74, 6) is 0.954. The largest absolute Gasteiger partial charge is 0.364 e. The number of nitrogens with one attached hydrogen (secondary N) is 1. The smallest absolute Gasteiger partial charge is 0.144 e. The van der Waals surface area contributed by atoms with Gasteiger partial charge in [-0.15, -0.1) is 11.3 Å². The Morgan fingerprint density at radius 3 is 3.14 bits per heavy atom. The predicted octanol–water partition coefficient (Wildman–Crippen LogP) is 2.43. The number of hydrogen-bond donors (Lipinski definition) is 1. The molecule has 0 atom stereocenters. The van der Waals surface area contributed by atoms with Gasteiger partial charge < -0.3 is 5.32 Å². The number of thiazole rings is 1. The lowest BCUT2D eigenvalue weighted by Crippen LogP contribution is -2.05. The normalized spacial score (nSPS) is 13.3. The van der Waals surface area contributed by atoms with Gasteiger partial charge in [0.15, 0.2) is 0 Å². The molecule has 112 valence electrons. The van der Waals surface area contributed by atoms with Crippen LogP contribution in [-0.2, 0) is 26.4 Å². The molecule has 0 aromatic carbocycles. The first-order chi connectivity index (χ1) is 10.8. The fourth-order valence-electron chi connectivity index (χ4n) is 2.72. The molecular formula is C15H16N6S. The maximum atomic E-state index is 4.64. The van der Waals surface area contributed by atoms with E-state index in [1.807, 2.05) is 19.3 Å². The summed E-state index contributed by atoms with van der Waals surface area (Å²) in [6.07, 6.45) is 6.87. The third-order valence-corrected chi connectivity index (χ3v) is 4.71. The number of aromatic nitrogens is 5. The molecular weight excluding hydrogens is 296 g/mol. The molecule has 0 spiro atoms. The zero-order valence-corrected chi connectivity index (χ0v) is 13.1. The van der Waals surface area contributed by atoms with Crippen molar-refractivity contribution in [2.45, 2.75) is 25.8 Å². The summed E-state index contributed by atoms with van der Waals surface area (Å²) >= 11 is 1.62. The van der Waals surface area contributed by atoms with Gasteiger partial charge in [-0.25, -0.2) is 15.0 Å². The Morgan fingerprint density at radius 1 is 1.32 bits per heavy atom. The van der Waals surface area contributed by atoms with E-state index in [0.717, 1.165) is 35.1 Å². The van der Waals surface area contributed by atoms with Crippen molar-refractivity contribution in [1.82, 2.24) is 24.7 Å². The van der Waals surface area contributed by atoms with E-state index in [2.05, 4.69) is 30.7 Å². The lowest BCUT2D eigenvalue weighted by Gasteiger charge is -2.07. The van der Waals surface area contributed by atoms with E-state index in [-0.39, 0.29) is 0 Å². The molecule has 0 aliphatic heterocycles. The SMILES string of the molecule is Cn1ccc(-c2nc(CNc3ncnc4c3CCC4)cs2)n1. The molecule has 3 heterocycles. The third-order valence-electron chi connectivity index (χ3n) is 3.80. The molecule has 0 saturated carbocycles. The van der Waals surface area contributed by atoms with Crippen molar-refractivity contribution in [2.75, 3.05) is 5.32 Å². The van der Waals surface area contributed by atoms with Gasteiger partial charge >= 0.3 is 0 Å². The van der Waals surface area contributed by atoms with Gasteiger partial charge in [-0.1, -0.05) is 0 Å². The zero-order chi connectivity index (χ0) is 14.9. The van der Waals surface area contributed by atoms with Crippen LogP contribution in [0, 0.1) is 0 Å². The van der Waals surface area contributed by atoms with E-state index in [1.54, 1.807) is 22.3 Å². The molecule has 0 bridgehead atoms. The standard InChI is InChI=1S/C15H16N6S/c1-21-6-5-13(20-21)15-19-10(8-22-15)7-16-14-11-3-2-4-12(11)17-9-18-14/h5-6,8-9H,2-4,7H2,1H3,(H,16,17,18). The lowest BCUT2D eigenvalue weighted by atomic mass is 10.2. The fraction of sp³-hybridized carbons (Fsp3) is 0.333. The van der Waals surface area contributed by atoms with Gasteiger partial charge in [0, 0.05) is 29.9 Å². The first kappa shape index (κ1) is 13.4. The summed E-state index contributed by atoms with van der Waals surface area (Å²) in [6, 6.07) is 1.98. The molecule has 4 rings (SSSR count). The molecule has 7 heteroatoms. The summed E-state index contributed by atoms with van der Waals surface area (Å²) in [4.78, 5) is 13.4. The average Bonchev–Trinajstić information content (AvgIpc) is 3.24. The van der Waals surface area contributed by atoms with Gasteiger partial charge in [-0.2, -0.15) is 5.10 Å². The lowest BCUT2D eigenvalue weighted by molar-refractivity contribution is 0.770. The molecule has 1 N–H and O–H groups in total. The second-order valence-corrected chi connectivity index (χ2v) is 6.23. The Hall–Kier alpha value is -2.28. The van der Waals surface area contributed by atoms with E-state index >= 15 is 0 Å². The van der Waals surface area contributed by atoms with E-state index in [9.17, 15) is 0 Å². The topological polar surface area (TPSA) is 68.5 Å². The number of aryl methyl sites for hydroxylation is 2. The van der Waals surface area contributed by atoms with E-state index < -0.39 is 0 Å². The highest BCUT2D eigenvalue weighted by molar-refractivity contribution is 7.13. The first-order valence-corrected chi connectivity index (χ1v) is 8.18. The maximum Gasteiger partial charge on any atom is 0.144 e. The van der Waals surface area contributed by atoms with E-state index in [1.165, 1.54) is 17.7 Å². The second-order valence-electron chi connectivity index (χ2n) is 5.37. The van der Waals surface area contributed by atoms with Crippen molar-refractivity contribution in [2.24, 2.45) is 7.05 Å². The fourth-order valence-corrected chi connectivity index (χ4v) is 3.50. The molecule has 1 aliphatic carbocycles. The van der Waals surface area contributed by atoms with Crippen LogP contribution in [0.4, 0.5) is 5.82 Å². The number of anilines is 1. The maximum absolute atomic E-state index is 4.64. The number of hydrogen-bond acceptors (Lipinski definition) is 6. The van der Waals surface area contributed by atoms with Crippen LogP contribution >= 0.6 is 11.3 Å². The Labute approximate surface area is 132 Å². The highest BCUT2D eigenvalue weighted by Crippen LogP contribution is 2.26. The van der Waals surface area contributed by atoms with Crippen LogP contribution in [0.15, 0.2) is 24.0 Å². The van der Waals surface area contributed by atoms with Crippen LogP contribution in [0.5, 0.6) is 0 Å².